The molecule has 104 valence electrons. The first-order valence-corrected chi connectivity index (χ1v) is 6.68. The van der Waals surface area contributed by atoms with Crippen LogP contribution in [0.3, 0.4) is 0 Å². The zero-order valence-corrected chi connectivity index (χ0v) is 11.4. The van der Waals surface area contributed by atoms with Gasteiger partial charge in [-0.25, -0.2) is 4.79 Å². The maximum atomic E-state index is 11.5. The first kappa shape index (κ1) is 14.0. The van der Waals surface area contributed by atoms with Crippen LogP contribution in [0.4, 0.5) is 0 Å². The number of esters is 1. The minimum Gasteiger partial charge on any atom is -0.458 e. The molecule has 0 aromatic carbocycles. The average Bonchev–Trinajstić information content (AvgIpc) is 2.52. The van der Waals surface area contributed by atoms with E-state index >= 15 is 0 Å². The Morgan fingerprint density at radius 1 is 1.58 bits per heavy atom. The van der Waals surface area contributed by atoms with Crippen molar-refractivity contribution in [2.75, 3.05) is 0 Å². The lowest BCUT2D eigenvalue weighted by atomic mass is 9.89. The Hall–Kier alpha value is -1.42. The van der Waals surface area contributed by atoms with Gasteiger partial charge in [-0.2, -0.15) is 0 Å². The molecule has 2 aliphatic rings. The fraction of sp³-hybridized carbons (Fsp3) is 0.600. The summed E-state index contributed by atoms with van der Waals surface area (Å²) in [5, 5.41) is 10.2. The topological polar surface area (TPSA) is 63.6 Å². The number of aliphatic hydroxyl groups is 1. The van der Waals surface area contributed by atoms with Crippen LogP contribution in [0.1, 0.15) is 33.1 Å². The van der Waals surface area contributed by atoms with Gasteiger partial charge in [0, 0.05) is 12.0 Å². The maximum Gasteiger partial charge on any atom is 0.334 e. The van der Waals surface area contributed by atoms with Gasteiger partial charge in [0.1, 0.15) is 11.9 Å². The molecule has 0 aromatic rings. The van der Waals surface area contributed by atoms with E-state index in [9.17, 15) is 14.7 Å². The maximum absolute atomic E-state index is 11.5. The summed E-state index contributed by atoms with van der Waals surface area (Å²) >= 11 is 0. The molecule has 0 amide bonds. The van der Waals surface area contributed by atoms with Gasteiger partial charge in [0.05, 0.1) is 12.0 Å². The van der Waals surface area contributed by atoms with Crippen molar-refractivity contribution >= 4 is 11.8 Å². The predicted octanol–water partition coefficient (Wildman–Crippen LogP) is 1.78. The van der Waals surface area contributed by atoms with Gasteiger partial charge in [-0.15, -0.1) is 0 Å². The first-order chi connectivity index (χ1) is 8.90. The predicted molar refractivity (Wildman–Crippen MR) is 70.3 cm³/mol. The lowest BCUT2D eigenvalue weighted by Gasteiger charge is -2.19. The van der Waals surface area contributed by atoms with Gasteiger partial charge >= 0.3 is 5.97 Å². The van der Waals surface area contributed by atoms with Gasteiger partial charge in [0.25, 0.3) is 0 Å². The Balaban J connectivity index is 2.18. The summed E-state index contributed by atoms with van der Waals surface area (Å²) in [4.78, 5) is 22.6. The molecule has 0 saturated carbocycles. The van der Waals surface area contributed by atoms with Crippen molar-refractivity contribution in [3.8, 4) is 0 Å². The molecule has 1 saturated heterocycles. The van der Waals surface area contributed by atoms with Crippen molar-refractivity contribution in [3.05, 3.63) is 23.8 Å². The van der Waals surface area contributed by atoms with Crippen LogP contribution < -0.4 is 0 Å². The number of carbonyl (C=O) groups excluding carboxylic acids is 2. The normalized spacial score (nSPS) is 34.4. The van der Waals surface area contributed by atoms with E-state index in [0.29, 0.717) is 24.8 Å². The summed E-state index contributed by atoms with van der Waals surface area (Å²) in [5.41, 5.74) is 1.43. The zero-order chi connectivity index (χ0) is 14.2. The minimum absolute atomic E-state index is 0.142. The number of ether oxygens (including phenoxy) is 1. The van der Waals surface area contributed by atoms with Crippen molar-refractivity contribution in [2.24, 2.45) is 11.8 Å². The molecule has 0 spiro atoms. The molecule has 1 N–H and O–H groups in total. The summed E-state index contributed by atoms with van der Waals surface area (Å²) in [5.74, 6) is -0.405. The first-order valence-electron chi connectivity index (χ1n) is 6.68. The van der Waals surface area contributed by atoms with E-state index in [1.165, 1.54) is 0 Å². The zero-order valence-electron chi connectivity index (χ0n) is 11.4. The van der Waals surface area contributed by atoms with Gasteiger partial charge in [-0.1, -0.05) is 25.2 Å². The number of rotatable bonds is 3. The van der Waals surface area contributed by atoms with E-state index in [1.54, 1.807) is 13.0 Å². The number of hydrogen-bond donors (Lipinski definition) is 1. The van der Waals surface area contributed by atoms with Gasteiger partial charge < -0.3 is 14.6 Å². The molecule has 4 nitrogen and oxygen atoms in total. The van der Waals surface area contributed by atoms with Crippen molar-refractivity contribution in [1.29, 1.82) is 0 Å². The summed E-state index contributed by atoms with van der Waals surface area (Å²) in [6.07, 6.45) is 2.56. The van der Waals surface area contributed by atoms with Crippen LogP contribution in [0.5, 0.6) is 0 Å². The molecule has 1 aliphatic carbocycles. The van der Waals surface area contributed by atoms with Crippen LogP contribution in [0.25, 0.3) is 0 Å². The smallest absolute Gasteiger partial charge is 0.334 e. The van der Waals surface area contributed by atoms with Gasteiger partial charge in [-0.3, -0.25) is 0 Å². The largest absolute Gasteiger partial charge is 0.458 e. The Labute approximate surface area is 113 Å². The van der Waals surface area contributed by atoms with Crippen molar-refractivity contribution in [1.82, 2.24) is 0 Å². The minimum atomic E-state index is -0.754. The molecule has 0 bridgehead atoms. The highest BCUT2D eigenvalue weighted by Gasteiger charge is 2.44. The monoisotopic (exact) mass is 264 g/mol. The fourth-order valence-electron chi connectivity index (χ4n) is 2.90. The third-order valence-corrected chi connectivity index (χ3v) is 4.06. The van der Waals surface area contributed by atoms with Crippen LogP contribution in [0, 0.1) is 11.8 Å². The van der Waals surface area contributed by atoms with Crippen LogP contribution in [-0.4, -0.2) is 29.1 Å². The number of allylic oxidation sites excluding steroid dienone is 1. The van der Waals surface area contributed by atoms with Gasteiger partial charge in [0.15, 0.2) is 0 Å². The molecule has 19 heavy (non-hydrogen) atoms. The Kier molecular flexibility index (Phi) is 3.90. The van der Waals surface area contributed by atoms with Gasteiger partial charge in [-0.05, 0) is 25.7 Å². The van der Waals surface area contributed by atoms with E-state index in [2.05, 4.69) is 6.58 Å². The second-order valence-corrected chi connectivity index (χ2v) is 5.57. The van der Waals surface area contributed by atoms with Crippen molar-refractivity contribution in [3.63, 3.8) is 0 Å². The van der Waals surface area contributed by atoms with E-state index < -0.39 is 12.1 Å². The number of Topliss-reactive ketones (excluding diaryl/α,β-unsaturated/α-hetero) is 1. The number of fused-ring (bicyclic) bond motifs is 1. The number of ketones is 1. The quantitative estimate of drug-likeness (QED) is 0.479. The third kappa shape index (κ3) is 2.78. The van der Waals surface area contributed by atoms with E-state index in [0.717, 1.165) is 5.57 Å². The highest BCUT2D eigenvalue weighted by molar-refractivity contribution is 5.91. The molecule has 1 aliphatic heterocycles. The molecule has 0 aromatic heterocycles. The average molecular weight is 264 g/mol. The van der Waals surface area contributed by atoms with Crippen LogP contribution in [0.2, 0.25) is 0 Å². The highest BCUT2D eigenvalue weighted by atomic mass is 16.6. The molecule has 4 atom stereocenters. The number of carbonyl (C=O) groups is 2. The molecule has 2 rings (SSSR count). The Bertz CT molecular complexity index is 449. The fourth-order valence-corrected chi connectivity index (χ4v) is 2.90. The Morgan fingerprint density at radius 2 is 2.26 bits per heavy atom. The molecule has 1 heterocycles. The molecular formula is C15H20O4. The van der Waals surface area contributed by atoms with Crippen molar-refractivity contribution < 1.29 is 19.4 Å². The molecular weight excluding hydrogens is 244 g/mol. The van der Waals surface area contributed by atoms with Crippen LogP contribution in [0.15, 0.2) is 23.8 Å². The van der Waals surface area contributed by atoms with E-state index in [-0.39, 0.29) is 23.7 Å². The lowest BCUT2D eigenvalue weighted by Crippen LogP contribution is -2.26. The Morgan fingerprint density at radius 3 is 2.89 bits per heavy atom. The lowest BCUT2D eigenvalue weighted by molar-refractivity contribution is -0.139. The summed E-state index contributed by atoms with van der Waals surface area (Å²) in [6.45, 7) is 7.32. The molecule has 0 radical (unpaired) electrons. The van der Waals surface area contributed by atoms with Gasteiger partial charge in [0.2, 0.25) is 0 Å². The van der Waals surface area contributed by atoms with Crippen molar-refractivity contribution in [2.45, 2.75) is 45.3 Å². The van der Waals surface area contributed by atoms with Crippen LogP contribution >= 0.6 is 0 Å². The summed E-state index contributed by atoms with van der Waals surface area (Å²) < 4.78 is 5.27. The SMILES string of the molecule is C=C1C(=O)O[C@@H]2C[C@H](C)C(CCC(C)=O)=C[C@H](O)[C@H]12. The third-order valence-electron chi connectivity index (χ3n) is 4.06. The van der Waals surface area contributed by atoms with E-state index in [1.807, 2.05) is 6.92 Å². The second-order valence-electron chi connectivity index (χ2n) is 5.57. The number of aliphatic hydroxyl groups excluding tert-OH is 1. The standard InChI is InChI=1S/C15H20O4/c1-8-6-13-14(10(3)15(18)19-13)12(17)7-11(8)5-4-9(2)16/h7-8,12-14,17H,3-6H2,1-2H3/t8-,12-,13+,14-/m0/s1. The number of hydrogen-bond acceptors (Lipinski definition) is 4. The highest BCUT2D eigenvalue weighted by Crippen LogP contribution is 2.39. The van der Waals surface area contributed by atoms with E-state index in [4.69, 9.17) is 4.74 Å². The molecule has 4 heteroatoms. The van der Waals surface area contributed by atoms with Crippen LogP contribution in [-0.2, 0) is 14.3 Å². The molecule has 0 unspecified atom stereocenters. The molecule has 1 fully saturated rings. The summed E-state index contributed by atoms with van der Waals surface area (Å²) in [6, 6.07) is 0. The second kappa shape index (κ2) is 5.29. The summed E-state index contributed by atoms with van der Waals surface area (Å²) in [7, 11) is 0.